The summed E-state index contributed by atoms with van der Waals surface area (Å²) in [6.45, 7) is 1.53. The molecule has 0 atom stereocenters. The van der Waals surface area contributed by atoms with E-state index in [0.29, 0.717) is 5.56 Å². The van der Waals surface area contributed by atoms with Gasteiger partial charge in [0, 0.05) is 35.0 Å². The summed E-state index contributed by atoms with van der Waals surface area (Å²) in [7, 11) is 0. The average Bonchev–Trinajstić information content (AvgIpc) is 2.46. The fourth-order valence-electron chi connectivity index (χ4n) is 1.90. The van der Waals surface area contributed by atoms with Gasteiger partial charge in [0.05, 0.1) is 9.85 Å². The van der Waals surface area contributed by atoms with Crippen LogP contribution in [-0.4, -0.2) is 15.8 Å². The maximum atomic E-state index is 12.1. The molecule has 2 aromatic carbocycles. The number of rotatable bonds is 4. The number of nitro benzene ring substituents is 2. The fraction of sp³-hybridized carbons (Fsp3) is 0.0714. The van der Waals surface area contributed by atoms with E-state index in [9.17, 15) is 25.0 Å². The van der Waals surface area contributed by atoms with Crippen LogP contribution in [0.4, 0.5) is 17.1 Å². The SMILES string of the molecule is Cc1cc(C(=O)Nc2cccc([N+](=O)[O-])c2)ccc1[N+](=O)[O-]. The van der Waals surface area contributed by atoms with Crippen LogP contribution in [0.2, 0.25) is 0 Å². The third kappa shape index (κ3) is 3.23. The second-order valence-corrected chi connectivity index (χ2v) is 4.52. The van der Waals surface area contributed by atoms with E-state index in [-0.39, 0.29) is 22.6 Å². The van der Waals surface area contributed by atoms with Gasteiger partial charge < -0.3 is 5.32 Å². The van der Waals surface area contributed by atoms with Gasteiger partial charge in [-0.3, -0.25) is 25.0 Å². The topological polar surface area (TPSA) is 115 Å². The summed E-state index contributed by atoms with van der Waals surface area (Å²) in [5.74, 6) is -0.501. The van der Waals surface area contributed by atoms with Gasteiger partial charge in [0.1, 0.15) is 0 Å². The van der Waals surface area contributed by atoms with Gasteiger partial charge in [-0.25, -0.2) is 0 Å². The molecular weight excluding hydrogens is 290 g/mol. The van der Waals surface area contributed by atoms with Gasteiger partial charge in [0.25, 0.3) is 17.3 Å². The molecule has 0 saturated carbocycles. The molecule has 22 heavy (non-hydrogen) atoms. The minimum Gasteiger partial charge on any atom is -0.322 e. The van der Waals surface area contributed by atoms with E-state index in [1.807, 2.05) is 0 Å². The van der Waals surface area contributed by atoms with Crippen LogP contribution in [0.1, 0.15) is 15.9 Å². The molecule has 0 spiro atoms. The van der Waals surface area contributed by atoms with E-state index in [4.69, 9.17) is 0 Å². The Hall–Kier alpha value is -3.29. The number of amides is 1. The van der Waals surface area contributed by atoms with Crippen molar-refractivity contribution >= 4 is 23.0 Å². The Balaban J connectivity index is 2.22. The van der Waals surface area contributed by atoms with Crippen LogP contribution in [0.3, 0.4) is 0 Å². The van der Waals surface area contributed by atoms with Crippen molar-refractivity contribution in [2.45, 2.75) is 6.92 Å². The van der Waals surface area contributed by atoms with Crippen LogP contribution < -0.4 is 5.32 Å². The number of non-ortho nitro benzene ring substituents is 1. The molecule has 1 amide bonds. The highest BCUT2D eigenvalue weighted by Gasteiger charge is 2.14. The summed E-state index contributed by atoms with van der Waals surface area (Å²) in [4.78, 5) is 32.4. The standard InChI is InChI=1S/C14H11N3O5/c1-9-7-10(5-6-13(9)17(21)22)14(18)15-11-3-2-4-12(8-11)16(19)20/h2-8H,1H3,(H,15,18). The molecule has 8 heteroatoms. The molecule has 8 nitrogen and oxygen atoms in total. The average molecular weight is 301 g/mol. The lowest BCUT2D eigenvalue weighted by molar-refractivity contribution is -0.385. The van der Waals surface area contributed by atoms with E-state index in [2.05, 4.69) is 5.32 Å². The predicted molar refractivity (Wildman–Crippen MR) is 78.9 cm³/mol. The van der Waals surface area contributed by atoms with Crippen molar-refractivity contribution in [2.75, 3.05) is 5.32 Å². The molecular formula is C14H11N3O5. The Labute approximate surface area is 124 Å². The maximum Gasteiger partial charge on any atom is 0.272 e. The van der Waals surface area contributed by atoms with Crippen LogP contribution in [0.25, 0.3) is 0 Å². The van der Waals surface area contributed by atoms with E-state index in [0.717, 1.165) is 0 Å². The van der Waals surface area contributed by atoms with Crippen LogP contribution in [0.5, 0.6) is 0 Å². The summed E-state index contributed by atoms with van der Waals surface area (Å²) in [5, 5.41) is 23.9. The summed E-state index contributed by atoms with van der Waals surface area (Å²) in [6, 6.07) is 9.49. The molecule has 0 aromatic heterocycles. The first-order chi connectivity index (χ1) is 10.4. The maximum absolute atomic E-state index is 12.1. The molecule has 0 radical (unpaired) electrons. The lowest BCUT2D eigenvalue weighted by Gasteiger charge is -2.06. The second kappa shape index (κ2) is 6.00. The van der Waals surface area contributed by atoms with Gasteiger partial charge in [-0.05, 0) is 25.1 Å². The number of nitrogens with one attached hydrogen (secondary N) is 1. The zero-order valence-electron chi connectivity index (χ0n) is 11.5. The third-order valence-corrected chi connectivity index (χ3v) is 2.97. The summed E-state index contributed by atoms with van der Waals surface area (Å²) >= 11 is 0. The van der Waals surface area contributed by atoms with Crippen LogP contribution in [0.15, 0.2) is 42.5 Å². The number of carbonyl (C=O) groups is 1. The first kappa shape index (κ1) is 15.1. The third-order valence-electron chi connectivity index (χ3n) is 2.97. The fourth-order valence-corrected chi connectivity index (χ4v) is 1.90. The quantitative estimate of drug-likeness (QED) is 0.688. The molecule has 1 N–H and O–H groups in total. The number of benzene rings is 2. The lowest BCUT2D eigenvalue weighted by Crippen LogP contribution is -2.12. The predicted octanol–water partition coefficient (Wildman–Crippen LogP) is 3.06. The number of aryl methyl sites for hydroxylation is 1. The Morgan fingerprint density at radius 2 is 1.77 bits per heavy atom. The molecule has 0 bridgehead atoms. The van der Waals surface area contributed by atoms with Gasteiger partial charge in [-0.15, -0.1) is 0 Å². The molecule has 0 saturated heterocycles. The van der Waals surface area contributed by atoms with Crippen LogP contribution >= 0.6 is 0 Å². The zero-order chi connectivity index (χ0) is 16.3. The minimum absolute atomic E-state index is 0.0769. The van der Waals surface area contributed by atoms with E-state index >= 15 is 0 Å². The largest absolute Gasteiger partial charge is 0.322 e. The minimum atomic E-state index is -0.564. The smallest absolute Gasteiger partial charge is 0.272 e. The van der Waals surface area contributed by atoms with Crippen molar-refractivity contribution in [3.8, 4) is 0 Å². The summed E-state index contributed by atoms with van der Waals surface area (Å²) in [6.07, 6.45) is 0. The molecule has 112 valence electrons. The number of nitrogens with zero attached hydrogens (tertiary/aromatic N) is 2. The Bertz CT molecular complexity index is 773. The molecule has 0 aliphatic carbocycles. The number of nitro groups is 2. The lowest BCUT2D eigenvalue weighted by atomic mass is 10.1. The molecule has 0 fully saturated rings. The number of hydrogen-bond donors (Lipinski definition) is 1. The Morgan fingerprint density at radius 3 is 2.36 bits per heavy atom. The number of carbonyl (C=O) groups excluding carboxylic acids is 1. The van der Waals surface area contributed by atoms with Gasteiger partial charge >= 0.3 is 0 Å². The first-order valence-corrected chi connectivity index (χ1v) is 6.19. The molecule has 2 aromatic rings. The van der Waals surface area contributed by atoms with Crippen molar-refractivity contribution in [1.29, 1.82) is 0 Å². The van der Waals surface area contributed by atoms with Gasteiger partial charge in [0.2, 0.25) is 0 Å². The highest BCUT2D eigenvalue weighted by molar-refractivity contribution is 6.04. The monoisotopic (exact) mass is 301 g/mol. The van der Waals surface area contributed by atoms with Gasteiger partial charge in [0.15, 0.2) is 0 Å². The van der Waals surface area contributed by atoms with Gasteiger partial charge in [-0.2, -0.15) is 0 Å². The van der Waals surface area contributed by atoms with Crippen molar-refractivity contribution in [3.05, 3.63) is 73.8 Å². The van der Waals surface area contributed by atoms with Crippen LogP contribution in [0, 0.1) is 27.2 Å². The van der Waals surface area contributed by atoms with Crippen LogP contribution in [-0.2, 0) is 0 Å². The van der Waals surface area contributed by atoms with E-state index < -0.39 is 15.8 Å². The highest BCUT2D eigenvalue weighted by Crippen LogP contribution is 2.21. The van der Waals surface area contributed by atoms with Crippen molar-refractivity contribution in [1.82, 2.24) is 0 Å². The first-order valence-electron chi connectivity index (χ1n) is 6.19. The molecule has 0 aliphatic rings. The normalized spacial score (nSPS) is 10.0. The second-order valence-electron chi connectivity index (χ2n) is 4.52. The van der Waals surface area contributed by atoms with Crippen molar-refractivity contribution in [2.24, 2.45) is 0 Å². The van der Waals surface area contributed by atoms with E-state index in [1.165, 1.54) is 49.4 Å². The van der Waals surface area contributed by atoms with Gasteiger partial charge in [-0.1, -0.05) is 6.07 Å². The Morgan fingerprint density at radius 1 is 1.05 bits per heavy atom. The van der Waals surface area contributed by atoms with Crippen molar-refractivity contribution < 1.29 is 14.6 Å². The molecule has 0 unspecified atom stereocenters. The molecule has 2 rings (SSSR count). The summed E-state index contributed by atoms with van der Waals surface area (Å²) < 4.78 is 0. The van der Waals surface area contributed by atoms with Crippen molar-refractivity contribution in [3.63, 3.8) is 0 Å². The molecule has 0 aliphatic heterocycles. The van der Waals surface area contributed by atoms with E-state index in [1.54, 1.807) is 0 Å². The molecule has 0 heterocycles. The number of hydrogen-bond acceptors (Lipinski definition) is 5. The number of anilines is 1. The Kier molecular flexibility index (Phi) is 4.12. The summed E-state index contributed by atoms with van der Waals surface area (Å²) in [5.41, 5.74) is 0.645. The highest BCUT2D eigenvalue weighted by atomic mass is 16.6. The zero-order valence-corrected chi connectivity index (χ0v) is 11.5.